The fourth-order valence-electron chi connectivity index (χ4n) is 4.23. The maximum Gasteiger partial charge on any atom is 0.149 e. The van der Waals surface area contributed by atoms with E-state index in [-0.39, 0.29) is 18.2 Å². The Kier molecular flexibility index (Phi) is 5.54. The monoisotopic (exact) mass is 373 g/mol. The predicted octanol–water partition coefficient (Wildman–Crippen LogP) is 1.31. The van der Waals surface area contributed by atoms with Gasteiger partial charge >= 0.3 is 0 Å². The van der Waals surface area contributed by atoms with Gasteiger partial charge in [-0.05, 0) is 51.4 Å². The first-order chi connectivity index (χ1) is 13.2. The van der Waals surface area contributed by atoms with Crippen molar-refractivity contribution < 1.29 is 9.84 Å². The summed E-state index contributed by atoms with van der Waals surface area (Å²) in [4.78, 5) is 0. The average Bonchev–Trinajstić information content (AvgIpc) is 2.95. The van der Waals surface area contributed by atoms with Crippen molar-refractivity contribution >= 4 is 11.3 Å². The van der Waals surface area contributed by atoms with E-state index in [1.807, 2.05) is 13.1 Å². The van der Waals surface area contributed by atoms with Gasteiger partial charge in [0.2, 0.25) is 0 Å². The van der Waals surface area contributed by atoms with E-state index in [4.69, 9.17) is 4.74 Å². The Labute approximate surface area is 160 Å². The molecule has 3 unspecified atom stereocenters. The predicted molar refractivity (Wildman–Crippen MR) is 108 cm³/mol. The van der Waals surface area contributed by atoms with Crippen molar-refractivity contribution in [3.63, 3.8) is 0 Å². The van der Waals surface area contributed by atoms with Crippen LogP contribution in [0.1, 0.15) is 37.3 Å². The molecule has 0 aliphatic carbocycles. The molecule has 0 bridgehead atoms. The van der Waals surface area contributed by atoms with Crippen LogP contribution in [0, 0.1) is 0 Å². The molecule has 1 saturated heterocycles. The molecule has 0 saturated carbocycles. The van der Waals surface area contributed by atoms with Crippen LogP contribution in [-0.2, 0) is 6.42 Å². The van der Waals surface area contributed by atoms with Crippen molar-refractivity contribution in [1.82, 2.24) is 21.3 Å². The van der Waals surface area contributed by atoms with E-state index in [1.165, 1.54) is 5.57 Å². The molecule has 1 fully saturated rings. The van der Waals surface area contributed by atoms with Crippen LogP contribution >= 0.6 is 0 Å². The van der Waals surface area contributed by atoms with Crippen LogP contribution < -0.4 is 31.3 Å². The summed E-state index contributed by atoms with van der Waals surface area (Å²) in [6, 6.07) is 2.41. The Balaban J connectivity index is 1.65. The molecule has 7 heteroatoms. The molecule has 3 atom stereocenters. The van der Waals surface area contributed by atoms with Crippen molar-refractivity contribution in [3.05, 3.63) is 23.3 Å². The van der Waals surface area contributed by atoms with Crippen LogP contribution in [0.5, 0.6) is 11.5 Å². The molecule has 3 aliphatic rings. The molecule has 0 spiro atoms. The molecule has 4 rings (SSSR count). The zero-order valence-corrected chi connectivity index (χ0v) is 16.2. The van der Waals surface area contributed by atoms with Gasteiger partial charge in [-0.3, -0.25) is 10.6 Å². The van der Waals surface area contributed by atoms with E-state index in [2.05, 4.69) is 39.6 Å². The number of rotatable bonds is 4. The summed E-state index contributed by atoms with van der Waals surface area (Å²) in [6.07, 6.45) is 6.19. The number of aromatic hydroxyl groups is 1. The number of nitrogens with one attached hydrogen (secondary N) is 5. The average molecular weight is 374 g/mol. The molecule has 0 radical (unpaired) electrons. The molecule has 1 aromatic rings. The minimum atomic E-state index is -0.116. The van der Waals surface area contributed by atoms with Crippen molar-refractivity contribution in [3.8, 4) is 11.5 Å². The van der Waals surface area contributed by atoms with Crippen molar-refractivity contribution in [2.24, 2.45) is 0 Å². The fourth-order valence-corrected chi connectivity index (χ4v) is 4.23. The lowest BCUT2D eigenvalue weighted by Gasteiger charge is -2.37. The van der Waals surface area contributed by atoms with Gasteiger partial charge in [-0.1, -0.05) is 6.08 Å². The number of phenolic OH excluding ortho intramolecular Hbond substituents is 1. The molecule has 3 heterocycles. The molecule has 27 heavy (non-hydrogen) atoms. The van der Waals surface area contributed by atoms with Crippen LogP contribution in [0.3, 0.4) is 0 Å². The van der Waals surface area contributed by atoms with Gasteiger partial charge in [0.25, 0.3) is 0 Å². The van der Waals surface area contributed by atoms with E-state index in [0.29, 0.717) is 12.6 Å². The highest BCUT2D eigenvalue weighted by molar-refractivity contribution is 5.83. The highest BCUT2D eigenvalue weighted by Gasteiger charge is 2.28. The SMILES string of the molecule is CNC1CC(C)NC(Nc2cc3c(c(C4=CCNCCC4)c2O)OCC3)N1. The second kappa shape index (κ2) is 8.06. The molecular formula is C20H31N5O2. The van der Waals surface area contributed by atoms with Gasteiger partial charge in [-0.15, -0.1) is 0 Å². The van der Waals surface area contributed by atoms with Crippen molar-refractivity contribution in [1.29, 1.82) is 0 Å². The van der Waals surface area contributed by atoms with Gasteiger partial charge in [0, 0.05) is 24.6 Å². The van der Waals surface area contributed by atoms with Crippen LogP contribution in [0.4, 0.5) is 5.69 Å². The largest absolute Gasteiger partial charge is 0.505 e. The maximum absolute atomic E-state index is 11.1. The Bertz CT molecular complexity index is 721. The van der Waals surface area contributed by atoms with Crippen LogP contribution in [0.15, 0.2) is 12.1 Å². The van der Waals surface area contributed by atoms with Gasteiger partial charge in [0.15, 0.2) is 0 Å². The first kappa shape index (κ1) is 18.6. The van der Waals surface area contributed by atoms with Gasteiger partial charge < -0.3 is 25.8 Å². The molecule has 0 amide bonds. The minimum absolute atomic E-state index is 0.116. The summed E-state index contributed by atoms with van der Waals surface area (Å²) >= 11 is 0. The Morgan fingerprint density at radius 2 is 2.15 bits per heavy atom. The number of anilines is 1. The third-order valence-electron chi connectivity index (χ3n) is 5.62. The van der Waals surface area contributed by atoms with E-state index < -0.39 is 0 Å². The lowest BCUT2D eigenvalue weighted by atomic mass is 9.95. The van der Waals surface area contributed by atoms with E-state index >= 15 is 0 Å². The summed E-state index contributed by atoms with van der Waals surface area (Å²) in [6.45, 7) is 4.68. The zero-order valence-electron chi connectivity index (χ0n) is 16.2. The van der Waals surface area contributed by atoms with Gasteiger partial charge in [0.05, 0.1) is 24.0 Å². The molecular weight excluding hydrogens is 342 g/mol. The number of benzene rings is 1. The zero-order chi connectivity index (χ0) is 18.8. The van der Waals surface area contributed by atoms with Crippen molar-refractivity contribution in [2.45, 2.75) is 51.1 Å². The molecule has 1 aromatic carbocycles. The highest BCUT2D eigenvalue weighted by atomic mass is 16.5. The normalized spacial score (nSPS) is 28.1. The second-order valence-corrected chi connectivity index (χ2v) is 7.66. The minimum Gasteiger partial charge on any atom is -0.505 e. The second-order valence-electron chi connectivity index (χ2n) is 7.66. The molecule has 7 nitrogen and oxygen atoms in total. The Hall–Kier alpha value is -1.80. The van der Waals surface area contributed by atoms with Gasteiger partial charge in [-0.25, -0.2) is 0 Å². The van der Waals surface area contributed by atoms with E-state index in [9.17, 15) is 5.11 Å². The molecule has 0 aromatic heterocycles. The number of hydrogen-bond donors (Lipinski definition) is 6. The summed E-state index contributed by atoms with van der Waals surface area (Å²) in [5, 5.41) is 28.3. The number of ether oxygens (including phenoxy) is 1. The fraction of sp³-hybridized carbons (Fsp3) is 0.600. The third kappa shape index (κ3) is 3.91. The summed E-state index contributed by atoms with van der Waals surface area (Å²) in [5.41, 5.74) is 3.95. The number of fused-ring (bicyclic) bond motifs is 1. The van der Waals surface area contributed by atoms with Gasteiger partial charge in [-0.2, -0.15) is 0 Å². The lowest BCUT2D eigenvalue weighted by molar-refractivity contribution is 0.249. The summed E-state index contributed by atoms with van der Waals surface area (Å²) in [5.74, 6) is 1.14. The first-order valence-corrected chi connectivity index (χ1v) is 10.0. The summed E-state index contributed by atoms with van der Waals surface area (Å²) in [7, 11) is 1.96. The molecule has 148 valence electrons. The molecule has 3 aliphatic heterocycles. The maximum atomic E-state index is 11.1. The smallest absolute Gasteiger partial charge is 0.149 e. The Morgan fingerprint density at radius 1 is 1.26 bits per heavy atom. The summed E-state index contributed by atoms with van der Waals surface area (Å²) < 4.78 is 5.91. The first-order valence-electron chi connectivity index (χ1n) is 10.0. The topological polar surface area (TPSA) is 89.6 Å². The van der Waals surface area contributed by atoms with Crippen LogP contribution in [-0.4, -0.2) is 50.3 Å². The Morgan fingerprint density at radius 3 is 3.00 bits per heavy atom. The number of allylic oxidation sites excluding steroid dienone is 1. The standard InChI is InChI=1S/C20H31N5O2/c1-12-10-16(21-2)25-20(23-12)24-15-11-14-6-9-27-19(14)17(18(15)26)13-4-3-7-22-8-5-13/h5,11-12,16,20-26H,3-4,6-10H2,1-2H3. The van der Waals surface area contributed by atoms with Crippen LogP contribution in [0.2, 0.25) is 0 Å². The highest BCUT2D eigenvalue weighted by Crippen LogP contribution is 2.46. The lowest BCUT2D eigenvalue weighted by Crippen LogP contribution is -2.63. The van der Waals surface area contributed by atoms with Crippen LogP contribution in [0.25, 0.3) is 5.57 Å². The molecule has 6 N–H and O–H groups in total. The number of hydrogen-bond acceptors (Lipinski definition) is 7. The van der Waals surface area contributed by atoms with Gasteiger partial charge in [0.1, 0.15) is 17.8 Å². The third-order valence-corrected chi connectivity index (χ3v) is 5.62. The van der Waals surface area contributed by atoms with Crippen molar-refractivity contribution in [2.75, 3.05) is 32.1 Å². The quantitative estimate of drug-likeness (QED) is 0.444. The number of phenols is 1. The van der Waals surface area contributed by atoms with E-state index in [1.54, 1.807) is 0 Å². The van der Waals surface area contributed by atoms with E-state index in [0.717, 1.165) is 61.3 Å².